The minimum Gasteiger partial charge on any atom is -0.506 e. The Labute approximate surface area is 196 Å². The minimum atomic E-state index is -0.412. The van der Waals surface area contributed by atoms with Crippen molar-refractivity contribution in [3.8, 4) is 22.6 Å². The number of nitrogens with one attached hydrogen (secondary N) is 1. The van der Waals surface area contributed by atoms with Crippen LogP contribution in [0, 0.1) is 0 Å². The quantitative estimate of drug-likeness (QED) is 0.234. The molecule has 0 aliphatic heterocycles. The summed E-state index contributed by atoms with van der Waals surface area (Å²) in [4.78, 5) is 27.6. The van der Waals surface area contributed by atoms with Crippen molar-refractivity contribution in [3.63, 3.8) is 0 Å². The Morgan fingerprint density at radius 2 is 1.48 bits per heavy atom. The summed E-state index contributed by atoms with van der Waals surface area (Å²) in [6.07, 6.45) is 0. The zero-order valence-corrected chi connectivity index (χ0v) is 18.5. The lowest BCUT2D eigenvalue weighted by Crippen LogP contribution is -2.23. The predicted octanol–water partition coefficient (Wildman–Crippen LogP) is 5.88. The molecule has 0 saturated carbocycles. The molecule has 33 heavy (non-hydrogen) atoms. The Kier molecular flexibility index (Phi) is 5.15. The number of carbonyl (C=O) groups is 2. The van der Waals surface area contributed by atoms with Crippen molar-refractivity contribution in [2.24, 2.45) is 0 Å². The van der Waals surface area contributed by atoms with Crippen LogP contribution in [-0.2, 0) is 0 Å². The summed E-state index contributed by atoms with van der Waals surface area (Å²) in [6.45, 7) is 0. The van der Waals surface area contributed by atoms with Crippen molar-refractivity contribution >= 4 is 35.6 Å². The van der Waals surface area contributed by atoms with Gasteiger partial charge in [-0.1, -0.05) is 48.5 Å². The van der Waals surface area contributed by atoms with Gasteiger partial charge in [-0.25, -0.2) is 0 Å². The van der Waals surface area contributed by atoms with E-state index in [4.69, 9.17) is 4.74 Å². The maximum atomic E-state index is 13.7. The Bertz CT molecular complexity index is 1410. The van der Waals surface area contributed by atoms with E-state index >= 15 is 0 Å². The molecule has 4 aromatic carbocycles. The molecular formula is C27H19NO4S. The van der Waals surface area contributed by atoms with Crippen molar-refractivity contribution in [2.75, 3.05) is 12.4 Å². The van der Waals surface area contributed by atoms with E-state index in [-0.39, 0.29) is 33.1 Å². The number of anilines is 2. The number of methoxy groups -OCH3 is 1. The van der Waals surface area contributed by atoms with Crippen LogP contribution in [-0.4, -0.2) is 23.8 Å². The first-order valence-electron chi connectivity index (χ1n) is 10.3. The summed E-state index contributed by atoms with van der Waals surface area (Å²) in [6, 6.07) is 23.3. The van der Waals surface area contributed by atoms with E-state index in [1.54, 1.807) is 49.6 Å². The Balaban J connectivity index is 1.69. The number of ether oxygens (including phenoxy) is 1. The van der Waals surface area contributed by atoms with Crippen LogP contribution in [0.3, 0.4) is 0 Å². The highest BCUT2D eigenvalue weighted by Gasteiger charge is 2.37. The maximum absolute atomic E-state index is 13.7. The smallest absolute Gasteiger partial charge is 0.198 e. The number of hydrogen-bond donors (Lipinski definition) is 3. The van der Waals surface area contributed by atoms with Crippen LogP contribution in [0.15, 0.2) is 83.8 Å². The van der Waals surface area contributed by atoms with Crippen molar-refractivity contribution in [1.82, 2.24) is 0 Å². The van der Waals surface area contributed by atoms with Crippen LogP contribution in [0.2, 0.25) is 0 Å². The lowest BCUT2D eigenvalue weighted by molar-refractivity contribution is 0.0977. The first-order chi connectivity index (χ1) is 16.0. The van der Waals surface area contributed by atoms with Crippen molar-refractivity contribution in [1.29, 1.82) is 0 Å². The highest BCUT2D eigenvalue weighted by molar-refractivity contribution is 7.80. The second kappa shape index (κ2) is 8.15. The number of thiol groups is 1. The molecule has 0 fully saturated rings. The van der Waals surface area contributed by atoms with E-state index in [0.717, 1.165) is 5.56 Å². The molecule has 0 spiro atoms. The summed E-state index contributed by atoms with van der Waals surface area (Å²) in [5.41, 5.74) is 3.22. The largest absolute Gasteiger partial charge is 0.506 e. The van der Waals surface area contributed by atoms with Crippen LogP contribution in [0.5, 0.6) is 11.5 Å². The molecule has 0 aromatic heterocycles. The lowest BCUT2D eigenvalue weighted by atomic mass is 9.79. The number of hydrogen-bond acceptors (Lipinski definition) is 6. The van der Waals surface area contributed by atoms with E-state index in [9.17, 15) is 14.7 Å². The molecule has 1 aliphatic carbocycles. The average molecular weight is 454 g/mol. The monoisotopic (exact) mass is 453 g/mol. The molecule has 0 unspecified atom stereocenters. The van der Waals surface area contributed by atoms with Gasteiger partial charge < -0.3 is 15.2 Å². The van der Waals surface area contributed by atoms with Gasteiger partial charge in [-0.3, -0.25) is 9.59 Å². The molecule has 0 amide bonds. The Morgan fingerprint density at radius 1 is 0.788 bits per heavy atom. The van der Waals surface area contributed by atoms with Crippen molar-refractivity contribution in [2.45, 2.75) is 4.90 Å². The van der Waals surface area contributed by atoms with Crippen molar-refractivity contribution in [3.05, 3.63) is 101 Å². The minimum absolute atomic E-state index is 0.0422. The topological polar surface area (TPSA) is 75.6 Å². The highest BCUT2D eigenvalue weighted by Crippen LogP contribution is 2.43. The SMILES string of the molecule is COc1ccc(Nc2cc(S)c(O)c3c2C(=O)c2cccc(-c4ccccc4)c2C3=O)cc1. The highest BCUT2D eigenvalue weighted by atomic mass is 32.1. The molecule has 0 atom stereocenters. The van der Waals surface area contributed by atoms with Gasteiger partial charge in [0.15, 0.2) is 11.6 Å². The predicted molar refractivity (Wildman–Crippen MR) is 130 cm³/mol. The summed E-state index contributed by atoms with van der Waals surface area (Å²) >= 11 is 4.36. The Morgan fingerprint density at radius 3 is 2.18 bits per heavy atom. The molecular weight excluding hydrogens is 434 g/mol. The fraction of sp³-hybridized carbons (Fsp3) is 0.0370. The van der Waals surface area contributed by atoms with Gasteiger partial charge in [0.2, 0.25) is 0 Å². The van der Waals surface area contributed by atoms with Crippen LogP contribution >= 0.6 is 12.6 Å². The molecule has 0 heterocycles. The zero-order chi connectivity index (χ0) is 23.1. The first kappa shape index (κ1) is 20.8. The van der Waals surface area contributed by atoms with E-state index < -0.39 is 5.78 Å². The summed E-state index contributed by atoms with van der Waals surface area (Å²) in [7, 11) is 1.58. The summed E-state index contributed by atoms with van der Waals surface area (Å²) < 4.78 is 5.19. The third kappa shape index (κ3) is 3.45. The number of phenols is 1. The van der Waals surface area contributed by atoms with Gasteiger partial charge in [0, 0.05) is 21.7 Å². The number of rotatable bonds is 4. The third-order valence-corrected chi connectivity index (χ3v) is 6.06. The van der Waals surface area contributed by atoms with Gasteiger partial charge in [0.25, 0.3) is 0 Å². The van der Waals surface area contributed by atoms with Gasteiger partial charge in [-0.2, -0.15) is 0 Å². The summed E-state index contributed by atoms with van der Waals surface area (Å²) in [5, 5.41) is 14.0. The molecule has 4 aromatic rings. The molecule has 6 heteroatoms. The third-order valence-electron chi connectivity index (χ3n) is 5.72. The molecule has 1 aliphatic rings. The van der Waals surface area contributed by atoms with Gasteiger partial charge >= 0.3 is 0 Å². The fourth-order valence-corrected chi connectivity index (χ4v) is 4.39. The van der Waals surface area contributed by atoms with Crippen LogP contribution < -0.4 is 10.1 Å². The molecule has 162 valence electrons. The first-order valence-corrected chi connectivity index (χ1v) is 10.7. The number of ketones is 2. The number of carbonyl (C=O) groups excluding carboxylic acids is 2. The maximum Gasteiger partial charge on any atom is 0.198 e. The summed E-state index contributed by atoms with van der Waals surface area (Å²) in [5.74, 6) is -0.362. The number of benzene rings is 4. The molecule has 0 bridgehead atoms. The molecule has 2 N–H and O–H groups in total. The van der Waals surface area contributed by atoms with Crippen LogP contribution in [0.4, 0.5) is 11.4 Å². The van der Waals surface area contributed by atoms with Crippen LogP contribution in [0.1, 0.15) is 31.8 Å². The second-order valence-corrected chi connectivity index (χ2v) is 8.13. The van der Waals surface area contributed by atoms with Crippen LogP contribution in [0.25, 0.3) is 11.1 Å². The van der Waals surface area contributed by atoms with Crippen molar-refractivity contribution < 1.29 is 19.4 Å². The van der Waals surface area contributed by atoms with Gasteiger partial charge in [-0.05, 0) is 41.5 Å². The number of fused-ring (bicyclic) bond motifs is 2. The number of aromatic hydroxyl groups is 1. The van der Waals surface area contributed by atoms with Gasteiger partial charge in [0.1, 0.15) is 11.5 Å². The van der Waals surface area contributed by atoms with Gasteiger partial charge in [-0.15, -0.1) is 12.6 Å². The molecule has 0 saturated heterocycles. The van der Waals surface area contributed by atoms with E-state index in [0.29, 0.717) is 28.3 Å². The standard InChI is InChI=1S/C27H19NO4S/c1-32-17-12-10-16(11-13-17)28-20-14-21(33)26(30)24-23(20)25(29)19-9-5-8-18(22(19)27(24)31)15-6-3-2-4-7-15/h2-14,28,30,33H,1H3. The van der Waals surface area contributed by atoms with Gasteiger partial charge in [0.05, 0.1) is 23.9 Å². The Hall–Kier alpha value is -4.03. The number of phenolic OH excluding ortho intramolecular Hbond substituents is 1. The molecule has 0 radical (unpaired) electrons. The average Bonchev–Trinajstić information content (AvgIpc) is 2.85. The molecule has 5 rings (SSSR count). The van der Waals surface area contributed by atoms with E-state index in [1.165, 1.54) is 0 Å². The molecule has 5 nitrogen and oxygen atoms in total. The van der Waals surface area contributed by atoms with E-state index in [1.807, 2.05) is 36.4 Å². The fourth-order valence-electron chi connectivity index (χ4n) is 4.15. The van der Waals surface area contributed by atoms with E-state index in [2.05, 4.69) is 17.9 Å². The zero-order valence-electron chi connectivity index (χ0n) is 17.6. The second-order valence-electron chi connectivity index (χ2n) is 7.65. The lowest BCUT2D eigenvalue weighted by Gasteiger charge is -2.24. The normalized spacial score (nSPS) is 12.2.